The number of hydrogen-bond donors (Lipinski definition) is 1. The Morgan fingerprint density at radius 2 is 1.74 bits per heavy atom. The lowest BCUT2D eigenvalue weighted by Gasteiger charge is -2.16. The van der Waals surface area contributed by atoms with Crippen molar-refractivity contribution in [2.75, 3.05) is 14.2 Å². The van der Waals surface area contributed by atoms with E-state index in [-0.39, 0.29) is 5.91 Å². The lowest BCUT2D eigenvalue weighted by Crippen LogP contribution is -2.30. The summed E-state index contributed by atoms with van der Waals surface area (Å²) in [6.45, 7) is 1.71. The monoisotopic (exact) mass is 367 g/mol. The number of carbonyl (C=O) groups excluding carboxylic acids is 1. The molecule has 7 nitrogen and oxygen atoms in total. The van der Waals surface area contributed by atoms with E-state index in [9.17, 15) is 4.79 Å². The lowest BCUT2D eigenvalue weighted by atomic mass is 10.1. The first-order valence-corrected chi connectivity index (χ1v) is 8.47. The third-order valence-corrected chi connectivity index (χ3v) is 4.04. The summed E-state index contributed by atoms with van der Waals surface area (Å²) in [4.78, 5) is 12.8. The van der Waals surface area contributed by atoms with E-state index in [1.54, 1.807) is 25.1 Å². The van der Waals surface area contributed by atoms with E-state index in [2.05, 4.69) is 15.5 Å². The molecule has 0 spiro atoms. The highest BCUT2D eigenvalue weighted by Gasteiger charge is 2.22. The van der Waals surface area contributed by atoms with Crippen LogP contribution < -0.4 is 14.8 Å². The summed E-state index contributed by atoms with van der Waals surface area (Å²) in [6, 6.07) is 14.3. The third-order valence-electron chi connectivity index (χ3n) is 4.04. The summed E-state index contributed by atoms with van der Waals surface area (Å²) in [7, 11) is 3.08. The van der Waals surface area contributed by atoms with Crippen molar-refractivity contribution in [3.8, 4) is 11.5 Å². The Balaban J connectivity index is 1.86. The first kappa shape index (κ1) is 18.4. The van der Waals surface area contributed by atoms with Gasteiger partial charge in [0, 0.05) is 25.0 Å². The maximum Gasteiger partial charge on any atom is 0.252 e. The summed E-state index contributed by atoms with van der Waals surface area (Å²) in [5.41, 5.74) is 1.46. The molecule has 1 amide bonds. The number of nitrogens with one attached hydrogen (secondary N) is 1. The molecular weight excluding hydrogens is 346 g/mol. The van der Waals surface area contributed by atoms with Gasteiger partial charge in [-0.05, 0) is 17.7 Å². The Kier molecular flexibility index (Phi) is 5.71. The van der Waals surface area contributed by atoms with Crippen LogP contribution in [0, 0.1) is 6.92 Å². The maximum atomic E-state index is 12.8. The van der Waals surface area contributed by atoms with Crippen molar-refractivity contribution < 1.29 is 18.7 Å². The maximum absolute atomic E-state index is 12.8. The van der Waals surface area contributed by atoms with Gasteiger partial charge in [-0.25, -0.2) is 0 Å². The van der Waals surface area contributed by atoms with Crippen LogP contribution in [0.2, 0.25) is 0 Å². The van der Waals surface area contributed by atoms with Crippen LogP contribution in [0.5, 0.6) is 11.5 Å². The second-order valence-corrected chi connectivity index (χ2v) is 5.98. The molecule has 140 valence electrons. The van der Waals surface area contributed by atoms with Gasteiger partial charge in [0.1, 0.15) is 17.5 Å². The normalized spacial score (nSPS) is 11.7. The van der Waals surface area contributed by atoms with Crippen molar-refractivity contribution in [3.63, 3.8) is 0 Å². The molecule has 3 rings (SSSR count). The van der Waals surface area contributed by atoms with Gasteiger partial charge in [-0.2, -0.15) is 0 Å². The zero-order valence-corrected chi connectivity index (χ0v) is 15.4. The second kappa shape index (κ2) is 8.35. The van der Waals surface area contributed by atoms with Gasteiger partial charge in [-0.15, -0.1) is 10.2 Å². The number of methoxy groups -OCH3 is 2. The molecule has 1 N–H and O–H groups in total. The highest BCUT2D eigenvalue weighted by atomic mass is 16.5. The predicted octanol–water partition coefficient (Wildman–Crippen LogP) is 3.11. The molecule has 7 heteroatoms. The molecule has 0 bridgehead atoms. The van der Waals surface area contributed by atoms with Crippen molar-refractivity contribution in [1.29, 1.82) is 0 Å². The van der Waals surface area contributed by atoms with Gasteiger partial charge in [0.25, 0.3) is 5.91 Å². The molecule has 1 heterocycles. The van der Waals surface area contributed by atoms with E-state index >= 15 is 0 Å². The fourth-order valence-electron chi connectivity index (χ4n) is 2.68. The summed E-state index contributed by atoms with van der Waals surface area (Å²) in [6.07, 6.45) is 0.523. The van der Waals surface area contributed by atoms with Gasteiger partial charge in [0.2, 0.25) is 11.8 Å². The molecule has 1 atom stereocenters. The quantitative estimate of drug-likeness (QED) is 0.690. The highest BCUT2D eigenvalue weighted by Crippen LogP contribution is 2.24. The van der Waals surface area contributed by atoms with Gasteiger partial charge in [-0.1, -0.05) is 30.3 Å². The minimum Gasteiger partial charge on any atom is -0.497 e. The molecule has 0 fully saturated rings. The van der Waals surface area contributed by atoms with Crippen molar-refractivity contribution in [2.45, 2.75) is 19.4 Å². The van der Waals surface area contributed by atoms with Crippen LogP contribution in [-0.2, 0) is 6.42 Å². The number of nitrogens with zero attached hydrogens (tertiary/aromatic N) is 2. The molecule has 0 saturated carbocycles. The molecule has 0 saturated heterocycles. The lowest BCUT2D eigenvalue weighted by molar-refractivity contribution is 0.0929. The first-order chi connectivity index (χ1) is 13.1. The zero-order valence-electron chi connectivity index (χ0n) is 15.4. The van der Waals surface area contributed by atoms with Gasteiger partial charge in [0.15, 0.2) is 0 Å². The SMILES string of the molecule is COc1cc(OC)cc(C(=O)NC(Cc2ccccc2)c2nnc(C)o2)c1. The van der Waals surface area contributed by atoms with Crippen LogP contribution >= 0.6 is 0 Å². The Bertz CT molecular complexity index is 886. The van der Waals surface area contributed by atoms with E-state index in [4.69, 9.17) is 13.9 Å². The predicted molar refractivity (Wildman–Crippen MR) is 98.9 cm³/mol. The van der Waals surface area contributed by atoms with Gasteiger partial charge in [-0.3, -0.25) is 4.79 Å². The summed E-state index contributed by atoms with van der Waals surface area (Å²) < 4.78 is 16.0. The Labute approximate surface area is 157 Å². The molecule has 2 aromatic carbocycles. The average molecular weight is 367 g/mol. The molecule has 27 heavy (non-hydrogen) atoms. The molecule has 0 aliphatic heterocycles. The van der Waals surface area contributed by atoms with Gasteiger partial charge >= 0.3 is 0 Å². The molecule has 0 radical (unpaired) electrons. The molecule has 3 aromatic rings. The van der Waals surface area contributed by atoms with Gasteiger partial charge in [0.05, 0.1) is 14.2 Å². The average Bonchev–Trinajstić information content (AvgIpc) is 3.14. The van der Waals surface area contributed by atoms with Crippen molar-refractivity contribution in [1.82, 2.24) is 15.5 Å². The fraction of sp³-hybridized carbons (Fsp3) is 0.250. The summed E-state index contributed by atoms with van der Waals surface area (Å²) in [5.74, 6) is 1.59. The van der Waals surface area contributed by atoms with E-state index in [1.807, 2.05) is 30.3 Å². The minimum absolute atomic E-state index is 0.288. The smallest absolute Gasteiger partial charge is 0.252 e. The Morgan fingerprint density at radius 3 is 2.30 bits per heavy atom. The van der Waals surface area contributed by atoms with E-state index < -0.39 is 6.04 Å². The number of rotatable bonds is 7. The van der Waals surface area contributed by atoms with Crippen LogP contribution in [0.1, 0.15) is 33.7 Å². The standard InChI is InChI=1S/C20H21N3O4/c1-13-22-23-20(27-13)18(9-14-7-5-4-6-8-14)21-19(24)15-10-16(25-2)12-17(11-15)26-3/h4-8,10-12,18H,9H2,1-3H3,(H,21,24). The zero-order chi connectivity index (χ0) is 19.2. The molecule has 0 aliphatic carbocycles. The number of aromatic nitrogens is 2. The first-order valence-electron chi connectivity index (χ1n) is 8.47. The number of hydrogen-bond acceptors (Lipinski definition) is 6. The minimum atomic E-state index is -0.460. The Morgan fingerprint density at radius 1 is 1.07 bits per heavy atom. The van der Waals surface area contributed by atoms with Gasteiger partial charge < -0.3 is 19.2 Å². The largest absolute Gasteiger partial charge is 0.497 e. The van der Waals surface area contributed by atoms with Crippen LogP contribution in [0.4, 0.5) is 0 Å². The second-order valence-electron chi connectivity index (χ2n) is 5.98. The molecule has 0 aliphatic rings. The van der Waals surface area contributed by atoms with Crippen molar-refractivity contribution in [2.24, 2.45) is 0 Å². The third kappa shape index (κ3) is 4.63. The van der Waals surface area contributed by atoms with E-state index in [0.717, 1.165) is 5.56 Å². The molecule has 1 unspecified atom stereocenters. The van der Waals surface area contributed by atoms with E-state index in [0.29, 0.717) is 35.3 Å². The number of benzene rings is 2. The molecule has 1 aromatic heterocycles. The number of aryl methyl sites for hydroxylation is 1. The topological polar surface area (TPSA) is 86.5 Å². The van der Waals surface area contributed by atoms with Crippen molar-refractivity contribution >= 4 is 5.91 Å². The van der Waals surface area contributed by atoms with Crippen LogP contribution in [0.25, 0.3) is 0 Å². The Hall–Kier alpha value is -3.35. The van der Waals surface area contributed by atoms with Crippen molar-refractivity contribution in [3.05, 3.63) is 71.4 Å². The summed E-state index contributed by atoms with van der Waals surface area (Å²) in [5, 5.41) is 10.9. The van der Waals surface area contributed by atoms with Crippen LogP contribution in [0.15, 0.2) is 52.9 Å². The summed E-state index contributed by atoms with van der Waals surface area (Å²) >= 11 is 0. The number of ether oxygens (including phenoxy) is 2. The molecular formula is C20H21N3O4. The number of carbonyl (C=O) groups is 1. The highest BCUT2D eigenvalue weighted by molar-refractivity contribution is 5.95. The van der Waals surface area contributed by atoms with Crippen LogP contribution in [-0.4, -0.2) is 30.3 Å². The van der Waals surface area contributed by atoms with E-state index in [1.165, 1.54) is 14.2 Å². The number of amides is 1. The fourth-order valence-corrected chi connectivity index (χ4v) is 2.68. The van der Waals surface area contributed by atoms with Crippen LogP contribution in [0.3, 0.4) is 0 Å².